The number of esters is 2. The summed E-state index contributed by atoms with van der Waals surface area (Å²) >= 11 is 0. The van der Waals surface area contributed by atoms with Gasteiger partial charge in [-0.1, -0.05) is 0 Å². The fourth-order valence-electron chi connectivity index (χ4n) is 2.92. The summed E-state index contributed by atoms with van der Waals surface area (Å²) in [5.74, 6) is -1.13. The third-order valence-corrected chi connectivity index (χ3v) is 16.5. The van der Waals surface area contributed by atoms with Crippen LogP contribution in [0.4, 0.5) is 0 Å². The van der Waals surface area contributed by atoms with E-state index in [1.807, 2.05) is 6.55 Å². The van der Waals surface area contributed by atoms with E-state index in [1.54, 1.807) is 20.8 Å². The maximum atomic E-state index is 11.8. The van der Waals surface area contributed by atoms with Crippen molar-refractivity contribution >= 4 is 45.7 Å². The highest BCUT2D eigenvalue weighted by Crippen LogP contribution is 2.27. The molecule has 0 saturated carbocycles. The first-order valence-corrected chi connectivity index (χ1v) is 23.0. The first-order chi connectivity index (χ1) is 13.6. The number of hydrogen-bond acceptors (Lipinski definition) is 7. The van der Waals surface area contributed by atoms with Crippen LogP contribution in [0.2, 0.25) is 65.0 Å². The lowest BCUT2D eigenvalue weighted by molar-refractivity contribution is -0.149. The van der Waals surface area contributed by atoms with E-state index in [2.05, 4.69) is 52.4 Å². The molecule has 0 heterocycles. The van der Waals surface area contributed by atoms with Crippen molar-refractivity contribution in [3.8, 4) is 0 Å². The molecule has 0 aromatic rings. The highest BCUT2D eigenvalue weighted by atomic mass is 28.5. The van der Waals surface area contributed by atoms with Crippen molar-refractivity contribution in [3.63, 3.8) is 0 Å². The Morgan fingerprint density at radius 2 is 1.19 bits per heavy atom. The van der Waals surface area contributed by atoms with Crippen molar-refractivity contribution in [1.82, 2.24) is 0 Å². The SMILES string of the molecule is CC(C)(C)OC(=O)/C=C/C(=O)OCCC[Si](C)(C)O[Si](C)(O[Si](C)(C)C)O[Si](C)(C)C. The van der Waals surface area contributed by atoms with Gasteiger partial charge >= 0.3 is 20.7 Å². The van der Waals surface area contributed by atoms with Crippen LogP contribution in [0.3, 0.4) is 0 Å². The molecule has 182 valence electrons. The fourth-order valence-corrected chi connectivity index (χ4v) is 18.9. The van der Waals surface area contributed by atoms with Crippen molar-refractivity contribution < 1.29 is 31.4 Å². The quantitative estimate of drug-likeness (QED) is 0.153. The molecule has 0 spiro atoms. The van der Waals surface area contributed by atoms with Gasteiger partial charge in [0.05, 0.1) is 6.61 Å². The molecule has 0 atom stereocenters. The van der Waals surface area contributed by atoms with Crippen LogP contribution in [0.5, 0.6) is 0 Å². The normalized spacial score (nSPS) is 14.1. The number of ether oxygens (including phenoxy) is 2. The molecule has 0 rings (SSSR count). The van der Waals surface area contributed by atoms with E-state index in [9.17, 15) is 9.59 Å². The van der Waals surface area contributed by atoms with Gasteiger partial charge in [-0.3, -0.25) is 0 Å². The zero-order chi connectivity index (χ0) is 24.7. The van der Waals surface area contributed by atoms with Crippen LogP contribution >= 0.6 is 0 Å². The Morgan fingerprint density at radius 1 is 0.742 bits per heavy atom. The minimum Gasteiger partial charge on any atom is -0.463 e. The van der Waals surface area contributed by atoms with Crippen molar-refractivity contribution in [2.45, 2.75) is 97.8 Å². The predicted molar refractivity (Wildman–Crippen MR) is 134 cm³/mol. The Balaban J connectivity index is 4.71. The minimum atomic E-state index is -2.77. The van der Waals surface area contributed by atoms with Crippen LogP contribution in [0.15, 0.2) is 12.2 Å². The van der Waals surface area contributed by atoms with E-state index in [1.165, 1.54) is 0 Å². The van der Waals surface area contributed by atoms with Crippen molar-refractivity contribution in [2.75, 3.05) is 6.61 Å². The Labute approximate surface area is 193 Å². The highest BCUT2D eigenvalue weighted by Gasteiger charge is 2.46. The molecular weight excluding hydrogens is 465 g/mol. The number of carbonyl (C=O) groups is 2. The summed E-state index contributed by atoms with van der Waals surface area (Å²) in [7, 11) is -8.54. The molecule has 0 aliphatic rings. The lowest BCUT2D eigenvalue weighted by Crippen LogP contribution is -2.59. The second kappa shape index (κ2) is 11.5. The average molecular weight is 509 g/mol. The summed E-state index contributed by atoms with van der Waals surface area (Å²) in [5.41, 5.74) is -0.599. The summed E-state index contributed by atoms with van der Waals surface area (Å²) < 4.78 is 29.8. The van der Waals surface area contributed by atoms with Gasteiger partial charge in [0, 0.05) is 18.7 Å². The molecule has 0 bridgehead atoms. The van der Waals surface area contributed by atoms with Gasteiger partial charge in [-0.05, 0) is 85.6 Å². The second-order valence-electron chi connectivity index (χ2n) is 11.3. The lowest BCUT2D eigenvalue weighted by atomic mass is 10.2. The van der Waals surface area contributed by atoms with Crippen molar-refractivity contribution in [2.24, 2.45) is 0 Å². The average Bonchev–Trinajstić information content (AvgIpc) is 2.42. The summed E-state index contributed by atoms with van der Waals surface area (Å²) in [4.78, 5) is 23.4. The molecule has 0 aliphatic carbocycles. The smallest absolute Gasteiger partial charge is 0.463 e. The highest BCUT2D eigenvalue weighted by molar-refractivity contribution is 6.89. The molecule has 31 heavy (non-hydrogen) atoms. The van der Waals surface area contributed by atoms with Gasteiger partial charge in [0.15, 0.2) is 25.0 Å². The Hall–Kier alpha value is -0.572. The largest absolute Gasteiger partial charge is 0.466 e. The third kappa shape index (κ3) is 17.6. The zero-order valence-electron chi connectivity index (χ0n) is 21.6. The molecule has 0 unspecified atom stereocenters. The van der Waals surface area contributed by atoms with Crippen LogP contribution < -0.4 is 0 Å². The van der Waals surface area contributed by atoms with E-state index in [4.69, 9.17) is 21.8 Å². The van der Waals surface area contributed by atoms with E-state index < -0.39 is 51.3 Å². The second-order valence-corrected chi connectivity index (χ2v) is 27.9. The molecule has 0 saturated heterocycles. The third-order valence-electron chi connectivity index (χ3n) is 3.37. The van der Waals surface area contributed by atoms with Gasteiger partial charge in [0.1, 0.15) is 5.60 Å². The molecule has 0 amide bonds. The van der Waals surface area contributed by atoms with Crippen LogP contribution in [0.25, 0.3) is 0 Å². The van der Waals surface area contributed by atoms with Gasteiger partial charge in [-0.2, -0.15) is 0 Å². The summed E-state index contributed by atoms with van der Waals surface area (Å²) in [5, 5.41) is 0. The first-order valence-electron chi connectivity index (χ1n) is 10.8. The molecule has 0 N–H and O–H groups in total. The van der Waals surface area contributed by atoms with Gasteiger partial charge in [-0.15, -0.1) is 0 Å². The minimum absolute atomic E-state index is 0.263. The van der Waals surface area contributed by atoms with Gasteiger partial charge in [-0.25, -0.2) is 9.59 Å². The Morgan fingerprint density at radius 3 is 1.61 bits per heavy atom. The summed E-state index contributed by atoms with van der Waals surface area (Å²) in [6, 6.07) is 0.808. The van der Waals surface area contributed by atoms with Crippen LogP contribution in [0, 0.1) is 0 Å². The molecule has 0 radical (unpaired) electrons. The fraction of sp³-hybridized carbons (Fsp3) is 0.800. The number of carbonyl (C=O) groups excluding carboxylic acids is 2. The van der Waals surface area contributed by atoms with E-state index in [-0.39, 0.29) is 6.61 Å². The van der Waals surface area contributed by atoms with E-state index >= 15 is 0 Å². The molecule has 11 heteroatoms. The Bertz CT molecular complexity index is 613. The predicted octanol–water partition coefficient (Wildman–Crippen LogP) is 5.31. The monoisotopic (exact) mass is 508 g/mol. The number of hydrogen-bond donors (Lipinski definition) is 0. The maximum absolute atomic E-state index is 11.8. The van der Waals surface area contributed by atoms with E-state index in [0.717, 1.165) is 18.2 Å². The van der Waals surface area contributed by atoms with Crippen LogP contribution in [0.1, 0.15) is 27.2 Å². The maximum Gasteiger partial charge on any atom is 0.466 e. The van der Waals surface area contributed by atoms with Crippen LogP contribution in [-0.4, -0.2) is 57.9 Å². The number of rotatable bonds is 12. The molecule has 0 aromatic carbocycles. The summed E-state index contributed by atoms with van der Waals surface area (Å²) in [6.45, 7) is 24.7. The van der Waals surface area contributed by atoms with Crippen molar-refractivity contribution in [1.29, 1.82) is 0 Å². The Kier molecular flexibility index (Phi) is 11.3. The van der Waals surface area contributed by atoms with Crippen molar-refractivity contribution in [3.05, 3.63) is 12.2 Å². The molecular formula is C20H44O7Si4. The molecule has 0 aromatic heterocycles. The first kappa shape index (κ1) is 30.4. The lowest BCUT2D eigenvalue weighted by Gasteiger charge is -2.41. The topological polar surface area (TPSA) is 80.3 Å². The van der Waals surface area contributed by atoms with E-state index in [0.29, 0.717) is 6.42 Å². The molecule has 7 nitrogen and oxygen atoms in total. The van der Waals surface area contributed by atoms with Gasteiger partial charge < -0.3 is 21.8 Å². The standard InChI is InChI=1S/C20H44O7Si4/c1-20(2,3)24-19(22)15-14-18(21)23-16-13-17-30(10,11)27-31(12,25-28(4,5)6)26-29(7,8)9/h14-15H,13,16-17H2,1-12H3/b15-14+. The van der Waals surface area contributed by atoms with Gasteiger partial charge in [0.25, 0.3) is 0 Å². The zero-order valence-corrected chi connectivity index (χ0v) is 25.6. The van der Waals surface area contributed by atoms with Crippen LogP contribution in [-0.2, 0) is 31.4 Å². The molecule has 0 aliphatic heterocycles. The molecule has 0 fully saturated rings. The van der Waals surface area contributed by atoms with Gasteiger partial charge in [0.2, 0.25) is 0 Å². The summed E-state index contributed by atoms with van der Waals surface area (Å²) in [6.07, 6.45) is 2.87.